The molecular weight excluding hydrogens is 146 g/mol. The molecule has 0 unspecified atom stereocenters. The predicted octanol–water partition coefficient (Wildman–Crippen LogP) is -1.53. The smallest absolute Gasteiger partial charge is 0.103 e. The van der Waals surface area contributed by atoms with E-state index in [1.54, 1.807) is 0 Å². The van der Waals surface area contributed by atoms with Gasteiger partial charge in [0.15, 0.2) is 0 Å². The Morgan fingerprint density at radius 3 is 2.45 bits per heavy atom. The van der Waals surface area contributed by atoms with E-state index in [0.29, 0.717) is 6.42 Å². The minimum atomic E-state index is -0.693. The molecular formula is C7H13NO3. The van der Waals surface area contributed by atoms with Gasteiger partial charge in [-0.3, -0.25) is 0 Å². The van der Waals surface area contributed by atoms with Crippen LogP contribution in [0.4, 0.5) is 0 Å². The summed E-state index contributed by atoms with van der Waals surface area (Å²) in [4.78, 5) is 0. The molecule has 64 valence electrons. The molecule has 0 amide bonds. The molecule has 2 saturated heterocycles. The van der Waals surface area contributed by atoms with Gasteiger partial charge < -0.3 is 20.3 Å². The standard InChI is InChI=1S/C7H13NO3/c9-5-1-7(3-8-4-7)11-2-6(5)10/h5-6,8-10H,1-4H2/t5-,6+/m0/s1. The number of aliphatic hydroxyl groups is 2. The monoisotopic (exact) mass is 159 g/mol. The summed E-state index contributed by atoms with van der Waals surface area (Å²) in [5, 5.41) is 21.5. The second kappa shape index (κ2) is 2.42. The lowest BCUT2D eigenvalue weighted by Crippen LogP contribution is -2.66. The highest BCUT2D eigenvalue weighted by atomic mass is 16.5. The fraction of sp³-hybridized carbons (Fsp3) is 1.00. The molecule has 0 bridgehead atoms. The van der Waals surface area contributed by atoms with Crippen molar-refractivity contribution in [3.63, 3.8) is 0 Å². The van der Waals surface area contributed by atoms with Crippen molar-refractivity contribution in [2.45, 2.75) is 24.2 Å². The molecule has 2 heterocycles. The molecule has 4 heteroatoms. The lowest BCUT2D eigenvalue weighted by Gasteiger charge is -2.47. The molecule has 2 fully saturated rings. The summed E-state index contributed by atoms with van der Waals surface area (Å²) in [6, 6.07) is 0. The maximum atomic E-state index is 9.32. The Morgan fingerprint density at radius 2 is 2.00 bits per heavy atom. The molecule has 3 N–H and O–H groups in total. The van der Waals surface area contributed by atoms with E-state index in [4.69, 9.17) is 9.84 Å². The summed E-state index contributed by atoms with van der Waals surface area (Å²) in [6.07, 6.45) is -0.742. The third kappa shape index (κ3) is 1.16. The molecule has 1 spiro atoms. The van der Waals surface area contributed by atoms with Gasteiger partial charge in [-0.25, -0.2) is 0 Å². The van der Waals surface area contributed by atoms with Crippen molar-refractivity contribution in [3.8, 4) is 0 Å². The Hall–Kier alpha value is -0.160. The number of hydrogen-bond donors (Lipinski definition) is 3. The fourth-order valence-corrected chi connectivity index (χ4v) is 1.60. The quantitative estimate of drug-likeness (QED) is 0.401. The van der Waals surface area contributed by atoms with Gasteiger partial charge in [0.25, 0.3) is 0 Å². The van der Waals surface area contributed by atoms with Crippen molar-refractivity contribution < 1.29 is 14.9 Å². The molecule has 2 rings (SSSR count). The van der Waals surface area contributed by atoms with Crippen molar-refractivity contribution in [2.75, 3.05) is 19.7 Å². The molecule has 2 aliphatic heterocycles. The van der Waals surface area contributed by atoms with Gasteiger partial charge in [0.05, 0.1) is 18.3 Å². The summed E-state index contributed by atoms with van der Waals surface area (Å²) < 4.78 is 5.41. The van der Waals surface area contributed by atoms with E-state index in [9.17, 15) is 5.11 Å². The van der Waals surface area contributed by atoms with Gasteiger partial charge in [-0.1, -0.05) is 0 Å². The van der Waals surface area contributed by atoms with E-state index in [-0.39, 0.29) is 12.2 Å². The summed E-state index contributed by atoms with van der Waals surface area (Å²) in [7, 11) is 0. The van der Waals surface area contributed by atoms with Crippen LogP contribution in [-0.4, -0.2) is 47.7 Å². The van der Waals surface area contributed by atoms with Crippen LogP contribution >= 0.6 is 0 Å². The van der Waals surface area contributed by atoms with Crippen molar-refractivity contribution >= 4 is 0 Å². The second-order valence-electron chi connectivity index (χ2n) is 3.44. The molecule has 2 aliphatic rings. The molecule has 0 aromatic rings. The number of nitrogens with one attached hydrogen (secondary N) is 1. The predicted molar refractivity (Wildman–Crippen MR) is 38.2 cm³/mol. The Bertz CT molecular complexity index is 158. The fourth-order valence-electron chi connectivity index (χ4n) is 1.60. The first-order chi connectivity index (χ1) is 5.22. The molecule has 2 atom stereocenters. The summed E-state index contributed by atoms with van der Waals surface area (Å²) in [5.41, 5.74) is -0.168. The average Bonchev–Trinajstić information content (AvgIpc) is 1.92. The second-order valence-corrected chi connectivity index (χ2v) is 3.44. The highest BCUT2D eigenvalue weighted by molar-refractivity contribution is 5.00. The number of hydrogen-bond acceptors (Lipinski definition) is 4. The van der Waals surface area contributed by atoms with Crippen LogP contribution in [-0.2, 0) is 4.74 Å². The zero-order valence-electron chi connectivity index (χ0n) is 6.29. The Morgan fingerprint density at radius 1 is 1.27 bits per heavy atom. The highest BCUT2D eigenvalue weighted by Crippen LogP contribution is 2.28. The lowest BCUT2D eigenvalue weighted by molar-refractivity contribution is -0.188. The first kappa shape index (κ1) is 7.49. The van der Waals surface area contributed by atoms with E-state index >= 15 is 0 Å². The molecule has 0 aliphatic carbocycles. The normalized spacial score (nSPS) is 42.0. The zero-order chi connectivity index (χ0) is 7.90. The number of rotatable bonds is 0. The largest absolute Gasteiger partial charge is 0.390 e. The van der Waals surface area contributed by atoms with Gasteiger partial charge in [0, 0.05) is 19.5 Å². The third-order valence-corrected chi connectivity index (χ3v) is 2.48. The average molecular weight is 159 g/mol. The lowest BCUT2D eigenvalue weighted by atomic mass is 9.86. The van der Waals surface area contributed by atoms with Crippen LogP contribution in [0.3, 0.4) is 0 Å². The maximum Gasteiger partial charge on any atom is 0.103 e. The Kier molecular flexibility index (Phi) is 1.64. The third-order valence-electron chi connectivity index (χ3n) is 2.48. The van der Waals surface area contributed by atoms with E-state index < -0.39 is 12.2 Å². The number of ether oxygens (including phenoxy) is 1. The van der Waals surface area contributed by atoms with Crippen LogP contribution in [0.5, 0.6) is 0 Å². The van der Waals surface area contributed by atoms with Crippen molar-refractivity contribution in [1.29, 1.82) is 0 Å². The molecule has 4 nitrogen and oxygen atoms in total. The maximum absolute atomic E-state index is 9.32. The van der Waals surface area contributed by atoms with E-state index in [1.165, 1.54) is 0 Å². The number of aliphatic hydroxyl groups excluding tert-OH is 2. The van der Waals surface area contributed by atoms with Crippen LogP contribution in [0, 0.1) is 0 Å². The minimum Gasteiger partial charge on any atom is -0.390 e. The van der Waals surface area contributed by atoms with Gasteiger partial charge in [0.2, 0.25) is 0 Å². The van der Waals surface area contributed by atoms with Gasteiger partial charge in [0.1, 0.15) is 6.10 Å². The molecule has 11 heavy (non-hydrogen) atoms. The van der Waals surface area contributed by atoms with Crippen molar-refractivity contribution in [1.82, 2.24) is 5.32 Å². The zero-order valence-corrected chi connectivity index (χ0v) is 6.29. The van der Waals surface area contributed by atoms with E-state index in [1.807, 2.05) is 0 Å². The van der Waals surface area contributed by atoms with E-state index in [0.717, 1.165) is 13.1 Å². The van der Waals surface area contributed by atoms with Gasteiger partial charge in [-0.05, 0) is 0 Å². The van der Waals surface area contributed by atoms with Crippen LogP contribution in [0.2, 0.25) is 0 Å². The van der Waals surface area contributed by atoms with Crippen LogP contribution in [0.15, 0.2) is 0 Å². The Balaban J connectivity index is 1.97. The van der Waals surface area contributed by atoms with Gasteiger partial charge >= 0.3 is 0 Å². The topological polar surface area (TPSA) is 61.7 Å². The van der Waals surface area contributed by atoms with Gasteiger partial charge in [-0.2, -0.15) is 0 Å². The van der Waals surface area contributed by atoms with Crippen LogP contribution in [0.25, 0.3) is 0 Å². The van der Waals surface area contributed by atoms with Crippen molar-refractivity contribution in [2.24, 2.45) is 0 Å². The summed E-state index contributed by atoms with van der Waals surface area (Å²) in [5.74, 6) is 0. The highest BCUT2D eigenvalue weighted by Gasteiger charge is 2.45. The van der Waals surface area contributed by atoms with Crippen LogP contribution < -0.4 is 5.32 Å². The molecule has 0 aromatic carbocycles. The van der Waals surface area contributed by atoms with Gasteiger partial charge in [-0.15, -0.1) is 0 Å². The molecule has 0 aromatic heterocycles. The van der Waals surface area contributed by atoms with E-state index in [2.05, 4.69) is 5.32 Å². The first-order valence-corrected chi connectivity index (χ1v) is 3.93. The molecule has 0 saturated carbocycles. The first-order valence-electron chi connectivity index (χ1n) is 3.93. The SMILES string of the molecule is O[C@@H]1COC2(CNC2)C[C@@H]1O. The summed E-state index contributed by atoms with van der Waals surface area (Å²) in [6.45, 7) is 1.87. The summed E-state index contributed by atoms with van der Waals surface area (Å²) >= 11 is 0. The molecule has 0 radical (unpaired) electrons. The Labute approximate surface area is 65.2 Å². The minimum absolute atomic E-state index is 0.168. The van der Waals surface area contributed by atoms with Crippen molar-refractivity contribution in [3.05, 3.63) is 0 Å². The van der Waals surface area contributed by atoms with Crippen LogP contribution in [0.1, 0.15) is 6.42 Å².